The standard InChI is InChI=1S/C15H11FN4O3/c1-8(21)19-11-3-2-9(6-10(11)16)23-12-4-5-17-15-14(12)18-7-13(22)20-15/h2-7H,1H3,(H,19,21)(H,17,20,22). The van der Waals surface area contributed by atoms with Gasteiger partial charge in [-0.1, -0.05) is 0 Å². The van der Waals surface area contributed by atoms with Crippen LogP contribution in [-0.4, -0.2) is 20.9 Å². The molecule has 0 aliphatic heterocycles. The first-order valence-electron chi connectivity index (χ1n) is 6.62. The van der Waals surface area contributed by atoms with Gasteiger partial charge >= 0.3 is 0 Å². The Labute approximate surface area is 129 Å². The lowest BCUT2D eigenvalue weighted by Crippen LogP contribution is -2.07. The Morgan fingerprint density at radius 1 is 1.30 bits per heavy atom. The van der Waals surface area contributed by atoms with E-state index in [1.165, 1.54) is 25.3 Å². The summed E-state index contributed by atoms with van der Waals surface area (Å²) in [5.41, 5.74) is 0.295. The highest BCUT2D eigenvalue weighted by molar-refractivity contribution is 5.88. The van der Waals surface area contributed by atoms with Gasteiger partial charge in [0, 0.05) is 25.3 Å². The molecular weight excluding hydrogens is 303 g/mol. The number of rotatable bonds is 3. The Kier molecular flexibility index (Phi) is 3.71. The number of fused-ring (bicyclic) bond motifs is 1. The minimum absolute atomic E-state index is 0.0619. The molecule has 0 unspecified atom stereocenters. The van der Waals surface area contributed by atoms with Crippen LogP contribution in [0.1, 0.15) is 6.92 Å². The minimum Gasteiger partial charge on any atom is -0.455 e. The second-order valence-electron chi connectivity index (χ2n) is 4.68. The van der Waals surface area contributed by atoms with E-state index in [0.29, 0.717) is 11.3 Å². The highest BCUT2D eigenvalue weighted by Gasteiger charge is 2.09. The summed E-state index contributed by atoms with van der Waals surface area (Å²) in [5, 5.41) is 2.37. The minimum atomic E-state index is -0.627. The first kappa shape index (κ1) is 14.6. The molecule has 0 fully saturated rings. The smallest absolute Gasteiger partial charge is 0.268 e. The van der Waals surface area contributed by atoms with Crippen molar-refractivity contribution in [3.63, 3.8) is 0 Å². The van der Waals surface area contributed by atoms with Crippen LogP contribution in [0, 0.1) is 5.82 Å². The van der Waals surface area contributed by atoms with Crippen LogP contribution in [-0.2, 0) is 4.79 Å². The number of halogens is 1. The van der Waals surface area contributed by atoms with Crippen molar-refractivity contribution in [1.29, 1.82) is 0 Å². The van der Waals surface area contributed by atoms with Crippen LogP contribution >= 0.6 is 0 Å². The van der Waals surface area contributed by atoms with Gasteiger partial charge in [-0.05, 0) is 12.1 Å². The van der Waals surface area contributed by atoms with Gasteiger partial charge in [-0.3, -0.25) is 9.59 Å². The Morgan fingerprint density at radius 3 is 2.87 bits per heavy atom. The van der Waals surface area contributed by atoms with Crippen molar-refractivity contribution >= 4 is 22.8 Å². The molecule has 3 aromatic rings. The molecule has 2 N–H and O–H groups in total. The summed E-state index contributed by atoms with van der Waals surface area (Å²) in [4.78, 5) is 32.7. The molecule has 0 atom stereocenters. The molecule has 2 aromatic heterocycles. The third-order valence-corrected chi connectivity index (χ3v) is 2.92. The number of aromatic amines is 1. The monoisotopic (exact) mass is 314 g/mol. The molecule has 1 amide bonds. The molecule has 0 radical (unpaired) electrons. The number of ether oxygens (including phenoxy) is 1. The number of benzene rings is 1. The van der Waals surface area contributed by atoms with Crippen molar-refractivity contribution in [1.82, 2.24) is 15.0 Å². The molecule has 0 aliphatic rings. The lowest BCUT2D eigenvalue weighted by molar-refractivity contribution is -0.114. The molecular formula is C15H11FN4O3. The van der Waals surface area contributed by atoms with Gasteiger partial charge in [0.05, 0.1) is 11.9 Å². The first-order chi connectivity index (χ1) is 11.0. The molecule has 116 valence electrons. The van der Waals surface area contributed by atoms with E-state index in [4.69, 9.17) is 4.74 Å². The number of hydrogen-bond donors (Lipinski definition) is 2. The second-order valence-corrected chi connectivity index (χ2v) is 4.68. The number of carbonyl (C=O) groups excluding carboxylic acids is 1. The SMILES string of the molecule is CC(=O)Nc1ccc(Oc2ccnc3[nH]c(=O)cnc23)cc1F. The highest BCUT2D eigenvalue weighted by atomic mass is 19.1. The zero-order valence-electron chi connectivity index (χ0n) is 12.0. The lowest BCUT2D eigenvalue weighted by atomic mass is 10.3. The Bertz CT molecular complexity index is 955. The van der Waals surface area contributed by atoms with Crippen LogP contribution in [0.4, 0.5) is 10.1 Å². The van der Waals surface area contributed by atoms with Gasteiger partial charge in [-0.25, -0.2) is 14.4 Å². The highest BCUT2D eigenvalue weighted by Crippen LogP contribution is 2.28. The maximum absolute atomic E-state index is 13.9. The Hall–Kier alpha value is -3.29. The quantitative estimate of drug-likeness (QED) is 0.772. The summed E-state index contributed by atoms with van der Waals surface area (Å²) in [7, 11) is 0. The van der Waals surface area contributed by atoms with Gasteiger partial charge in [0.15, 0.2) is 11.4 Å². The van der Waals surface area contributed by atoms with Crippen molar-refractivity contribution in [2.75, 3.05) is 5.32 Å². The first-order valence-corrected chi connectivity index (χ1v) is 6.62. The summed E-state index contributed by atoms with van der Waals surface area (Å²) in [6.07, 6.45) is 2.55. The van der Waals surface area contributed by atoms with E-state index in [1.54, 1.807) is 6.07 Å². The van der Waals surface area contributed by atoms with Gasteiger partial charge in [-0.2, -0.15) is 0 Å². The number of nitrogens with one attached hydrogen (secondary N) is 2. The van der Waals surface area contributed by atoms with E-state index in [2.05, 4.69) is 20.3 Å². The van der Waals surface area contributed by atoms with Crippen molar-refractivity contribution < 1.29 is 13.9 Å². The lowest BCUT2D eigenvalue weighted by Gasteiger charge is -2.09. The largest absolute Gasteiger partial charge is 0.455 e. The van der Waals surface area contributed by atoms with E-state index in [9.17, 15) is 14.0 Å². The molecule has 0 bridgehead atoms. The van der Waals surface area contributed by atoms with Crippen molar-refractivity contribution in [3.8, 4) is 11.5 Å². The number of H-pyrrole nitrogens is 1. The zero-order chi connectivity index (χ0) is 16.4. The Morgan fingerprint density at radius 2 is 2.13 bits per heavy atom. The number of amides is 1. The fraction of sp³-hybridized carbons (Fsp3) is 0.0667. The van der Waals surface area contributed by atoms with Gasteiger partial charge < -0.3 is 15.0 Å². The summed E-state index contributed by atoms with van der Waals surface area (Å²) in [6, 6.07) is 5.59. The summed E-state index contributed by atoms with van der Waals surface area (Å²) >= 11 is 0. The summed E-state index contributed by atoms with van der Waals surface area (Å²) < 4.78 is 19.5. The molecule has 0 aliphatic carbocycles. The molecule has 23 heavy (non-hydrogen) atoms. The molecule has 2 heterocycles. The predicted octanol–water partition coefficient (Wildman–Crippen LogP) is 2.21. The van der Waals surface area contributed by atoms with Gasteiger partial charge in [0.1, 0.15) is 17.1 Å². The summed E-state index contributed by atoms with van der Waals surface area (Å²) in [6.45, 7) is 1.29. The van der Waals surface area contributed by atoms with E-state index in [0.717, 1.165) is 12.3 Å². The molecule has 0 saturated heterocycles. The number of aromatic nitrogens is 3. The number of carbonyl (C=O) groups is 1. The molecule has 8 heteroatoms. The van der Waals surface area contributed by atoms with Crippen LogP contribution in [0.5, 0.6) is 11.5 Å². The van der Waals surface area contributed by atoms with E-state index in [1.807, 2.05) is 0 Å². The molecule has 7 nitrogen and oxygen atoms in total. The maximum Gasteiger partial charge on any atom is 0.268 e. The number of nitrogens with zero attached hydrogens (tertiary/aromatic N) is 2. The fourth-order valence-electron chi connectivity index (χ4n) is 1.98. The van der Waals surface area contributed by atoms with Crippen LogP contribution in [0.15, 0.2) is 41.5 Å². The fourth-order valence-corrected chi connectivity index (χ4v) is 1.98. The van der Waals surface area contributed by atoms with E-state index >= 15 is 0 Å². The topological polar surface area (TPSA) is 97.0 Å². The van der Waals surface area contributed by atoms with Crippen molar-refractivity contribution in [2.45, 2.75) is 6.92 Å². The van der Waals surface area contributed by atoms with Crippen LogP contribution in [0.25, 0.3) is 11.2 Å². The van der Waals surface area contributed by atoms with Crippen molar-refractivity contribution in [2.24, 2.45) is 0 Å². The van der Waals surface area contributed by atoms with Crippen LogP contribution < -0.4 is 15.6 Å². The third kappa shape index (κ3) is 3.15. The van der Waals surface area contributed by atoms with Gasteiger partial charge in [0.2, 0.25) is 5.91 Å². The van der Waals surface area contributed by atoms with Gasteiger partial charge in [0.25, 0.3) is 5.56 Å². The second kappa shape index (κ2) is 5.84. The van der Waals surface area contributed by atoms with Gasteiger partial charge in [-0.15, -0.1) is 0 Å². The average Bonchev–Trinajstić information content (AvgIpc) is 2.49. The van der Waals surface area contributed by atoms with Crippen molar-refractivity contribution in [3.05, 3.63) is 52.8 Å². The molecule has 3 rings (SSSR count). The number of anilines is 1. The normalized spacial score (nSPS) is 10.5. The predicted molar refractivity (Wildman–Crippen MR) is 80.9 cm³/mol. The number of pyridine rings is 1. The molecule has 1 aromatic carbocycles. The van der Waals surface area contributed by atoms with E-state index < -0.39 is 5.82 Å². The molecule has 0 spiro atoms. The summed E-state index contributed by atoms with van der Waals surface area (Å²) in [5.74, 6) is -0.460. The number of hydrogen-bond acceptors (Lipinski definition) is 5. The maximum atomic E-state index is 13.9. The Balaban J connectivity index is 1.95. The average molecular weight is 314 g/mol. The van der Waals surface area contributed by atoms with Crippen LogP contribution in [0.2, 0.25) is 0 Å². The van der Waals surface area contributed by atoms with Crippen LogP contribution in [0.3, 0.4) is 0 Å². The molecule has 0 saturated carbocycles. The zero-order valence-corrected chi connectivity index (χ0v) is 12.0. The van der Waals surface area contributed by atoms with E-state index in [-0.39, 0.29) is 28.6 Å². The third-order valence-electron chi connectivity index (χ3n) is 2.92.